The SMILES string of the molecule is CC.CCN(CCN(C)C(=O)C1c2ccc(OCc3ccccc3)cc2CCN1C(=O)OC(C)(C)C)C(C)C. The quantitative estimate of drug-likeness (QED) is 0.373. The second-order valence-corrected chi connectivity index (χ2v) is 10.9. The summed E-state index contributed by atoms with van der Waals surface area (Å²) in [5, 5.41) is 0. The fourth-order valence-electron chi connectivity index (χ4n) is 4.60. The second kappa shape index (κ2) is 14.9. The normalized spacial score (nSPS) is 14.8. The van der Waals surface area contributed by atoms with Crippen LogP contribution in [0.25, 0.3) is 0 Å². The van der Waals surface area contributed by atoms with Gasteiger partial charge in [-0.2, -0.15) is 0 Å². The van der Waals surface area contributed by atoms with Crippen molar-refractivity contribution in [2.75, 3.05) is 33.2 Å². The smallest absolute Gasteiger partial charge is 0.411 e. The lowest BCUT2D eigenvalue weighted by atomic mass is 9.91. The molecule has 3 rings (SSSR count). The van der Waals surface area contributed by atoms with Gasteiger partial charge in [-0.25, -0.2) is 4.79 Å². The number of ether oxygens (including phenoxy) is 2. The van der Waals surface area contributed by atoms with Gasteiger partial charge in [0.1, 0.15) is 24.0 Å². The molecule has 0 bridgehead atoms. The van der Waals surface area contributed by atoms with E-state index in [1.807, 2.05) is 90.2 Å². The second-order valence-electron chi connectivity index (χ2n) is 10.9. The number of hydrogen-bond donors (Lipinski definition) is 0. The molecule has 7 heteroatoms. The van der Waals surface area contributed by atoms with Crippen LogP contribution in [0.2, 0.25) is 0 Å². The van der Waals surface area contributed by atoms with Crippen LogP contribution in [-0.4, -0.2) is 71.6 Å². The van der Waals surface area contributed by atoms with Crippen molar-refractivity contribution >= 4 is 12.0 Å². The molecule has 1 atom stereocenters. The molecule has 0 fully saturated rings. The maximum absolute atomic E-state index is 13.8. The molecule has 7 nitrogen and oxygen atoms in total. The molecule has 1 aliphatic heterocycles. The summed E-state index contributed by atoms with van der Waals surface area (Å²) in [5.41, 5.74) is 2.30. The molecule has 1 aliphatic rings. The fraction of sp³-hybridized carbons (Fsp3) is 0.562. The summed E-state index contributed by atoms with van der Waals surface area (Å²) in [6.45, 7) is 19.1. The van der Waals surface area contributed by atoms with Crippen LogP contribution in [0.1, 0.15) is 78.1 Å². The summed E-state index contributed by atoms with van der Waals surface area (Å²) in [4.78, 5) is 32.7. The maximum atomic E-state index is 13.8. The standard InChI is InChI=1S/C30H43N3O4.C2H6/c1-8-32(22(2)3)19-18-31(7)28(34)27-26-15-14-25(36-21-23-12-10-9-11-13-23)20-24(26)16-17-33(27)29(35)37-30(4,5)6;1-2/h9-15,20,22,27H,8,16-19,21H2,1-7H3;1-2H3. The zero-order valence-corrected chi connectivity index (χ0v) is 25.5. The Morgan fingerprint density at radius 1 is 1.05 bits per heavy atom. The topological polar surface area (TPSA) is 62.3 Å². The van der Waals surface area contributed by atoms with Crippen LogP contribution in [0.3, 0.4) is 0 Å². The Kier molecular flexibility index (Phi) is 12.3. The van der Waals surface area contributed by atoms with Gasteiger partial charge in [0.15, 0.2) is 0 Å². The largest absolute Gasteiger partial charge is 0.489 e. The van der Waals surface area contributed by atoms with Crippen LogP contribution in [-0.2, 0) is 22.6 Å². The van der Waals surface area contributed by atoms with Gasteiger partial charge in [0.2, 0.25) is 5.91 Å². The molecule has 0 saturated heterocycles. The molecule has 0 saturated carbocycles. The highest BCUT2D eigenvalue weighted by Crippen LogP contribution is 2.34. The van der Waals surface area contributed by atoms with Gasteiger partial charge >= 0.3 is 6.09 Å². The van der Waals surface area contributed by atoms with Gasteiger partial charge in [-0.3, -0.25) is 14.6 Å². The fourth-order valence-corrected chi connectivity index (χ4v) is 4.60. The van der Waals surface area contributed by atoms with E-state index in [-0.39, 0.29) is 5.91 Å². The van der Waals surface area contributed by atoms with Crippen LogP contribution < -0.4 is 4.74 Å². The number of nitrogens with zero attached hydrogens (tertiary/aromatic N) is 3. The molecule has 0 aliphatic carbocycles. The van der Waals surface area contributed by atoms with Crippen molar-refractivity contribution in [3.05, 3.63) is 65.2 Å². The van der Waals surface area contributed by atoms with Crippen molar-refractivity contribution < 1.29 is 19.1 Å². The first kappa shape index (κ1) is 32.2. The van der Waals surface area contributed by atoms with E-state index in [4.69, 9.17) is 9.47 Å². The zero-order valence-electron chi connectivity index (χ0n) is 25.5. The van der Waals surface area contributed by atoms with E-state index in [0.717, 1.165) is 35.5 Å². The third-order valence-electron chi connectivity index (χ3n) is 6.69. The van der Waals surface area contributed by atoms with Gasteiger partial charge in [-0.1, -0.05) is 57.2 Å². The van der Waals surface area contributed by atoms with Gasteiger partial charge < -0.3 is 14.4 Å². The molecule has 0 spiro atoms. The zero-order chi connectivity index (χ0) is 29.2. The molecule has 39 heavy (non-hydrogen) atoms. The van der Waals surface area contributed by atoms with E-state index in [0.29, 0.717) is 32.2 Å². The van der Waals surface area contributed by atoms with E-state index in [1.165, 1.54) is 0 Å². The molecular weight excluding hydrogens is 490 g/mol. The first-order valence-electron chi connectivity index (χ1n) is 14.3. The van der Waals surface area contributed by atoms with E-state index >= 15 is 0 Å². The third-order valence-corrected chi connectivity index (χ3v) is 6.69. The number of carbonyl (C=O) groups excluding carboxylic acids is 2. The Bertz CT molecular complexity index is 1050. The minimum atomic E-state index is -0.735. The lowest BCUT2D eigenvalue weighted by molar-refractivity contribution is -0.136. The summed E-state index contributed by atoms with van der Waals surface area (Å²) in [5.74, 6) is 0.646. The molecule has 0 N–H and O–H groups in total. The molecule has 2 aromatic carbocycles. The van der Waals surface area contributed by atoms with Crippen LogP contribution in [0.5, 0.6) is 5.75 Å². The molecule has 1 heterocycles. The summed E-state index contributed by atoms with van der Waals surface area (Å²) in [7, 11) is 1.81. The van der Waals surface area contributed by atoms with Crippen LogP contribution in [0, 0.1) is 0 Å². The first-order valence-corrected chi connectivity index (χ1v) is 14.3. The molecule has 0 radical (unpaired) electrons. The van der Waals surface area contributed by atoms with E-state index in [1.54, 1.807) is 9.80 Å². The Labute approximate surface area is 236 Å². The van der Waals surface area contributed by atoms with E-state index in [2.05, 4.69) is 25.7 Å². The molecule has 2 amide bonds. The highest BCUT2D eigenvalue weighted by molar-refractivity contribution is 5.88. The maximum Gasteiger partial charge on any atom is 0.411 e. The molecular formula is C32H49N3O4. The van der Waals surface area contributed by atoms with Crippen LogP contribution in [0.15, 0.2) is 48.5 Å². The van der Waals surface area contributed by atoms with Crippen molar-refractivity contribution in [1.82, 2.24) is 14.7 Å². The van der Waals surface area contributed by atoms with Crippen molar-refractivity contribution in [1.29, 1.82) is 0 Å². The first-order chi connectivity index (χ1) is 18.5. The number of rotatable bonds is 9. The predicted molar refractivity (Wildman–Crippen MR) is 158 cm³/mol. The average molecular weight is 540 g/mol. The highest BCUT2D eigenvalue weighted by Gasteiger charge is 2.39. The lowest BCUT2D eigenvalue weighted by Gasteiger charge is -2.39. The number of fused-ring (bicyclic) bond motifs is 1. The minimum absolute atomic E-state index is 0.107. The third kappa shape index (κ3) is 9.27. The number of likely N-dealkylation sites (N-methyl/N-ethyl adjacent to an activating group) is 2. The Hall–Kier alpha value is -3.06. The van der Waals surface area contributed by atoms with E-state index in [9.17, 15) is 9.59 Å². The molecule has 216 valence electrons. The number of carbonyl (C=O) groups is 2. The summed E-state index contributed by atoms with van der Waals surface area (Å²) in [6.07, 6.45) is 0.161. The van der Waals surface area contributed by atoms with Crippen LogP contribution in [0.4, 0.5) is 4.79 Å². The predicted octanol–water partition coefficient (Wildman–Crippen LogP) is 6.31. The van der Waals surface area contributed by atoms with Gasteiger partial charge in [-0.05, 0) is 76.4 Å². The summed E-state index contributed by atoms with van der Waals surface area (Å²) >= 11 is 0. The summed E-state index contributed by atoms with van der Waals surface area (Å²) in [6, 6.07) is 15.5. The van der Waals surface area contributed by atoms with E-state index < -0.39 is 17.7 Å². The van der Waals surface area contributed by atoms with Crippen molar-refractivity contribution in [3.8, 4) is 5.75 Å². The van der Waals surface area contributed by atoms with Gasteiger partial charge in [0.25, 0.3) is 0 Å². The Morgan fingerprint density at radius 3 is 2.31 bits per heavy atom. The molecule has 0 aromatic heterocycles. The minimum Gasteiger partial charge on any atom is -0.489 e. The van der Waals surface area contributed by atoms with Crippen molar-refractivity contribution in [2.45, 2.75) is 86.1 Å². The molecule has 1 unspecified atom stereocenters. The monoisotopic (exact) mass is 539 g/mol. The molecule has 2 aromatic rings. The van der Waals surface area contributed by atoms with Gasteiger partial charge in [0, 0.05) is 32.7 Å². The average Bonchev–Trinajstić information content (AvgIpc) is 2.91. The lowest BCUT2D eigenvalue weighted by Crippen LogP contribution is -2.50. The number of hydrogen-bond acceptors (Lipinski definition) is 5. The van der Waals surface area contributed by atoms with Crippen LogP contribution >= 0.6 is 0 Å². The number of amides is 2. The van der Waals surface area contributed by atoms with Crippen molar-refractivity contribution in [3.63, 3.8) is 0 Å². The number of benzene rings is 2. The van der Waals surface area contributed by atoms with Gasteiger partial charge in [0.05, 0.1) is 0 Å². The van der Waals surface area contributed by atoms with Crippen molar-refractivity contribution in [2.24, 2.45) is 0 Å². The Morgan fingerprint density at radius 2 is 1.72 bits per heavy atom. The highest BCUT2D eigenvalue weighted by atomic mass is 16.6. The summed E-state index contributed by atoms with van der Waals surface area (Å²) < 4.78 is 11.7. The Balaban J connectivity index is 0.00000260. The van der Waals surface area contributed by atoms with Gasteiger partial charge in [-0.15, -0.1) is 0 Å².